The molecule has 1 fully saturated rings. The van der Waals surface area contributed by atoms with Crippen molar-refractivity contribution >= 4 is 11.7 Å². The van der Waals surface area contributed by atoms with Gasteiger partial charge in [-0.25, -0.2) is 4.79 Å². The average Bonchev–Trinajstić information content (AvgIpc) is 2.64. The van der Waals surface area contributed by atoms with Crippen LogP contribution in [0.15, 0.2) is 60.7 Å². The third-order valence-corrected chi connectivity index (χ3v) is 4.44. The number of carbonyl (C=O) groups excluding carboxylic acids is 1. The molecule has 0 spiro atoms. The third kappa shape index (κ3) is 4.81. The highest BCUT2D eigenvalue weighted by Gasteiger charge is 2.28. The summed E-state index contributed by atoms with van der Waals surface area (Å²) in [4.78, 5) is 14.8. The van der Waals surface area contributed by atoms with Gasteiger partial charge in [0.25, 0.3) is 0 Å². The van der Waals surface area contributed by atoms with Crippen molar-refractivity contribution in [3.05, 3.63) is 66.2 Å². The SMILES string of the molecule is C[C@@H](NC(=O)Nc1ccccc1)[C@@H](c1ccccc1)N1CCOCC1. The summed E-state index contributed by atoms with van der Waals surface area (Å²) < 4.78 is 5.48. The lowest BCUT2D eigenvalue weighted by Crippen LogP contribution is -2.49. The van der Waals surface area contributed by atoms with Gasteiger partial charge >= 0.3 is 6.03 Å². The normalized spacial score (nSPS) is 17.5. The van der Waals surface area contributed by atoms with Crippen LogP contribution < -0.4 is 10.6 Å². The van der Waals surface area contributed by atoms with Crippen molar-refractivity contribution < 1.29 is 9.53 Å². The summed E-state index contributed by atoms with van der Waals surface area (Å²) in [5, 5.41) is 5.98. The van der Waals surface area contributed by atoms with Crippen molar-refractivity contribution in [1.82, 2.24) is 10.2 Å². The van der Waals surface area contributed by atoms with Gasteiger partial charge in [-0.2, -0.15) is 0 Å². The van der Waals surface area contributed by atoms with Crippen molar-refractivity contribution in [1.29, 1.82) is 0 Å². The predicted octanol–water partition coefficient (Wildman–Crippen LogP) is 3.27. The highest BCUT2D eigenvalue weighted by atomic mass is 16.5. The summed E-state index contributed by atoms with van der Waals surface area (Å²) in [7, 11) is 0. The molecule has 0 aliphatic carbocycles. The zero-order valence-electron chi connectivity index (χ0n) is 14.5. The highest BCUT2D eigenvalue weighted by molar-refractivity contribution is 5.89. The molecule has 1 aliphatic rings. The molecule has 0 unspecified atom stereocenters. The Balaban J connectivity index is 1.70. The van der Waals surface area contributed by atoms with Gasteiger partial charge in [0.2, 0.25) is 0 Å². The number of hydrogen-bond donors (Lipinski definition) is 2. The lowest BCUT2D eigenvalue weighted by Gasteiger charge is -2.38. The molecule has 1 aliphatic heterocycles. The van der Waals surface area contributed by atoms with Crippen LogP contribution >= 0.6 is 0 Å². The van der Waals surface area contributed by atoms with E-state index in [0.717, 1.165) is 32.0 Å². The lowest BCUT2D eigenvalue weighted by atomic mass is 9.98. The number of carbonyl (C=O) groups is 1. The summed E-state index contributed by atoms with van der Waals surface area (Å²) in [6.45, 7) is 5.24. The maximum atomic E-state index is 12.4. The van der Waals surface area contributed by atoms with Crippen LogP contribution in [0.25, 0.3) is 0 Å². The van der Waals surface area contributed by atoms with Gasteiger partial charge in [0.1, 0.15) is 0 Å². The minimum atomic E-state index is -0.187. The third-order valence-electron chi connectivity index (χ3n) is 4.44. The number of urea groups is 1. The van der Waals surface area contributed by atoms with Crippen molar-refractivity contribution in [2.24, 2.45) is 0 Å². The molecule has 1 saturated heterocycles. The number of nitrogens with zero attached hydrogens (tertiary/aromatic N) is 1. The number of rotatable bonds is 5. The molecule has 0 saturated carbocycles. The molecule has 2 atom stereocenters. The van der Waals surface area contributed by atoms with Gasteiger partial charge in [-0.1, -0.05) is 48.5 Å². The quantitative estimate of drug-likeness (QED) is 0.879. The first kappa shape index (κ1) is 17.5. The highest BCUT2D eigenvalue weighted by Crippen LogP contribution is 2.25. The van der Waals surface area contributed by atoms with Crippen LogP contribution in [-0.4, -0.2) is 43.3 Å². The average molecular weight is 339 g/mol. The minimum absolute atomic E-state index is 0.0378. The van der Waals surface area contributed by atoms with Crippen LogP contribution in [0.1, 0.15) is 18.5 Å². The van der Waals surface area contributed by atoms with E-state index in [4.69, 9.17) is 4.74 Å². The van der Waals surface area contributed by atoms with E-state index in [1.807, 2.05) is 48.5 Å². The number of amides is 2. The molecular formula is C20H25N3O2. The zero-order chi connectivity index (χ0) is 17.5. The Hall–Kier alpha value is -2.37. The maximum Gasteiger partial charge on any atom is 0.319 e. The second-order valence-corrected chi connectivity index (χ2v) is 6.26. The van der Waals surface area contributed by atoms with Gasteiger partial charge in [-0.15, -0.1) is 0 Å². The second kappa shape index (κ2) is 8.65. The second-order valence-electron chi connectivity index (χ2n) is 6.26. The van der Waals surface area contributed by atoms with E-state index in [2.05, 4.69) is 34.6 Å². The summed E-state index contributed by atoms with van der Waals surface area (Å²) >= 11 is 0. The van der Waals surface area contributed by atoms with Crippen molar-refractivity contribution in [3.63, 3.8) is 0 Å². The predicted molar refractivity (Wildman–Crippen MR) is 99.6 cm³/mol. The molecule has 5 heteroatoms. The van der Waals surface area contributed by atoms with Gasteiger partial charge in [0, 0.05) is 24.8 Å². The minimum Gasteiger partial charge on any atom is -0.379 e. The van der Waals surface area contributed by atoms with E-state index in [9.17, 15) is 4.79 Å². The number of anilines is 1. The fourth-order valence-electron chi connectivity index (χ4n) is 3.30. The molecule has 2 aromatic rings. The number of para-hydroxylation sites is 1. The van der Waals surface area contributed by atoms with E-state index in [1.165, 1.54) is 5.56 Å². The van der Waals surface area contributed by atoms with Gasteiger partial charge in [-0.05, 0) is 24.6 Å². The Bertz CT molecular complexity index is 657. The van der Waals surface area contributed by atoms with E-state index in [-0.39, 0.29) is 18.1 Å². The first-order chi connectivity index (χ1) is 12.2. The summed E-state index contributed by atoms with van der Waals surface area (Å²) in [6.07, 6.45) is 0. The van der Waals surface area contributed by atoms with Gasteiger partial charge in [-0.3, -0.25) is 4.90 Å². The van der Waals surface area contributed by atoms with Crippen LogP contribution in [0, 0.1) is 0 Å². The van der Waals surface area contributed by atoms with E-state index >= 15 is 0 Å². The monoisotopic (exact) mass is 339 g/mol. The molecule has 132 valence electrons. The van der Waals surface area contributed by atoms with E-state index in [1.54, 1.807) is 0 Å². The molecule has 2 N–H and O–H groups in total. The van der Waals surface area contributed by atoms with Crippen LogP contribution in [-0.2, 0) is 4.74 Å². The van der Waals surface area contributed by atoms with Crippen molar-refractivity contribution in [3.8, 4) is 0 Å². The molecular weight excluding hydrogens is 314 g/mol. The molecule has 2 amide bonds. The molecule has 2 aromatic carbocycles. The zero-order valence-corrected chi connectivity index (χ0v) is 14.5. The summed E-state index contributed by atoms with van der Waals surface area (Å²) in [5.41, 5.74) is 1.99. The molecule has 0 radical (unpaired) electrons. The first-order valence-corrected chi connectivity index (χ1v) is 8.73. The maximum absolute atomic E-state index is 12.4. The van der Waals surface area contributed by atoms with Crippen LogP contribution in [0.2, 0.25) is 0 Å². The standard InChI is InChI=1S/C20H25N3O2/c1-16(21-20(24)22-18-10-6-3-7-11-18)19(17-8-4-2-5-9-17)23-12-14-25-15-13-23/h2-11,16,19H,12-15H2,1H3,(H2,21,22,24)/t16-,19+/m1/s1. The topological polar surface area (TPSA) is 53.6 Å². The number of nitrogens with one attached hydrogen (secondary N) is 2. The van der Waals surface area contributed by atoms with Crippen LogP contribution in [0.3, 0.4) is 0 Å². The van der Waals surface area contributed by atoms with Crippen LogP contribution in [0.4, 0.5) is 10.5 Å². The number of benzene rings is 2. The number of hydrogen-bond acceptors (Lipinski definition) is 3. The molecule has 0 bridgehead atoms. The molecule has 1 heterocycles. The molecule has 25 heavy (non-hydrogen) atoms. The smallest absolute Gasteiger partial charge is 0.319 e. The Kier molecular flexibility index (Phi) is 6.04. The van der Waals surface area contributed by atoms with Crippen molar-refractivity contribution in [2.45, 2.75) is 19.0 Å². The number of morpholine rings is 1. The largest absolute Gasteiger partial charge is 0.379 e. The van der Waals surface area contributed by atoms with Gasteiger partial charge in [0.15, 0.2) is 0 Å². The fraction of sp³-hybridized carbons (Fsp3) is 0.350. The summed E-state index contributed by atoms with van der Waals surface area (Å²) in [6, 6.07) is 19.7. The molecule has 5 nitrogen and oxygen atoms in total. The van der Waals surface area contributed by atoms with E-state index < -0.39 is 0 Å². The summed E-state index contributed by atoms with van der Waals surface area (Å²) in [5.74, 6) is 0. The van der Waals surface area contributed by atoms with Gasteiger partial charge in [0.05, 0.1) is 19.3 Å². The van der Waals surface area contributed by atoms with Crippen molar-refractivity contribution in [2.75, 3.05) is 31.6 Å². The fourth-order valence-corrected chi connectivity index (χ4v) is 3.30. The lowest BCUT2D eigenvalue weighted by molar-refractivity contribution is 0.00974. The Morgan fingerprint density at radius 1 is 1.00 bits per heavy atom. The Labute approximate surface area is 149 Å². The number of ether oxygens (including phenoxy) is 1. The Morgan fingerprint density at radius 3 is 2.24 bits per heavy atom. The Morgan fingerprint density at radius 2 is 1.60 bits per heavy atom. The molecule has 0 aromatic heterocycles. The van der Waals surface area contributed by atoms with Gasteiger partial charge < -0.3 is 15.4 Å². The first-order valence-electron chi connectivity index (χ1n) is 8.73. The van der Waals surface area contributed by atoms with E-state index in [0.29, 0.717) is 0 Å². The van der Waals surface area contributed by atoms with Crippen LogP contribution in [0.5, 0.6) is 0 Å². The molecule has 3 rings (SSSR count).